The molecule has 1 unspecified atom stereocenters. The Morgan fingerprint density at radius 3 is 2.62 bits per heavy atom. The van der Waals surface area contributed by atoms with Crippen LogP contribution in [0.2, 0.25) is 0 Å². The summed E-state index contributed by atoms with van der Waals surface area (Å²) in [5.41, 5.74) is 1.76. The number of benzene rings is 2. The lowest BCUT2D eigenvalue weighted by atomic mass is 10.1. The first kappa shape index (κ1) is 21.0. The Kier molecular flexibility index (Phi) is 7.04. The smallest absolute Gasteiger partial charge is 0.244 e. The molecular formula is C22H24BrNO5. The molecule has 154 valence electrons. The highest BCUT2D eigenvalue weighted by Gasteiger charge is 2.18. The van der Waals surface area contributed by atoms with Crippen LogP contribution >= 0.6 is 15.9 Å². The standard InChI is InChI=1S/C22H24BrNO5/c1-4-27-19-11-15(5-7-18(19)26-3)6-8-22(25)24-14(2)16-12-20-21(13-17(16)23)29-10-9-28-20/h5-8,11-14H,4,9-10H2,1-3H3,(H,24,25)/b8-6+. The number of hydrogen-bond donors (Lipinski definition) is 1. The lowest BCUT2D eigenvalue weighted by Crippen LogP contribution is -2.25. The zero-order valence-electron chi connectivity index (χ0n) is 16.7. The maximum atomic E-state index is 12.4. The van der Waals surface area contributed by atoms with Gasteiger partial charge in [-0.3, -0.25) is 4.79 Å². The van der Waals surface area contributed by atoms with E-state index in [2.05, 4.69) is 21.2 Å². The van der Waals surface area contributed by atoms with E-state index in [0.717, 1.165) is 15.6 Å². The third kappa shape index (κ3) is 5.23. The summed E-state index contributed by atoms with van der Waals surface area (Å²) in [7, 11) is 1.60. The lowest BCUT2D eigenvalue weighted by molar-refractivity contribution is -0.117. The van der Waals surface area contributed by atoms with Crippen molar-refractivity contribution < 1.29 is 23.7 Å². The normalized spacial score (nSPS) is 13.8. The highest BCUT2D eigenvalue weighted by molar-refractivity contribution is 9.10. The molecule has 0 aromatic heterocycles. The molecular weight excluding hydrogens is 438 g/mol. The molecule has 0 saturated carbocycles. The molecule has 1 aliphatic rings. The van der Waals surface area contributed by atoms with E-state index in [-0.39, 0.29) is 11.9 Å². The summed E-state index contributed by atoms with van der Waals surface area (Å²) < 4.78 is 22.9. The molecule has 0 fully saturated rings. The van der Waals surface area contributed by atoms with Crippen LogP contribution in [0.4, 0.5) is 0 Å². The van der Waals surface area contributed by atoms with Crippen LogP contribution in [0.3, 0.4) is 0 Å². The number of fused-ring (bicyclic) bond motifs is 1. The summed E-state index contributed by atoms with van der Waals surface area (Å²) in [5, 5.41) is 2.97. The monoisotopic (exact) mass is 461 g/mol. The van der Waals surface area contributed by atoms with Gasteiger partial charge in [0.15, 0.2) is 23.0 Å². The van der Waals surface area contributed by atoms with Gasteiger partial charge < -0.3 is 24.3 Å². The number of amides is 1. The minimum Gasteiger partial charge on any atom is -0.493 e. The van der Waals surface area contributed by atoms with Gasteiger partial charge in [0.2, 0.25) is 5.91 Å². The topological polar surface area (TPSA) is 66.0 Å². The number of nitrogens with one attached hydrogen (secondary N) is 1. The van der Waals surface area contributed by atoms with Gasteiger partial charge in [-0.15, -0.1) is 0 Å². The average molecular weight is 462 g/mol. The maximum absolute atomic E-state index is 12.4. The quantitative estimate of drug-likeness (QED) is 0.614. The molecule has 29 heavy (non-hydrogen) atoms. The third-order valence-corrected chi connectivity index (χ3v) is 5.09. The molecule has 3 rings (SSSR count). The number of rotatable bonds is 7. The first-order valence-electron chi connectivity index (χ1n) is 9.40. The molecule has 0 saturated heterocycles. The Morgan fingerprint density at radius 1 is 1.21 bits per heavy atom. The number of methoxy groups -OCH3 is 1. The molecule has 1 heterocycles. The Bertz CT molecular complexity index is 912. The van der Waals surface area contributed by atoms with E-state index in [1.807, 2.05) is 44.2 Å². The number of carbonyl (C=O) groups excluding carboxylic acids is 1. The van der Waals surface area contributed by atoms with Gasteiger partial charge in [-0.05, 0) is 55.3 Å². The van der Waals surface area contributed by atoms with Gasteiger partial charge in [-0.25, -0.2) is 0 Å². The van der Waals surface area contributed by atoms with Crippen molar-refractivity contribution in [2.75, 3.05) is 26.9 Å². The molecule has 2 aromatic carbocycles. The van der Waals surface area contributed by atoms with Crippen molar-refractivity contribution in [3.8, 4) is 23.0 Å². The van der Waals surface area contributed by atoms with Crippen molar-refractivity contribution in [1.82, 2.24) is 5.32 Å². The predicted octanol–water partition coefficient (Wildman–Crippen LogP) is 4.52. The molecule has 6 nitrogen and oxygen atoms in total. The van der Waals surface area contributed by atoms with Crippen LogP contribution in [0, 0.1) is 0 Å². The minimum absolute atomic E-state index is 0.201. The summed E-state index contributed by atoms with van der Waals surface area (Å²) >= 11 is 3.55. The van der Waals surface area contributed by atoms with E-state index in [1.54, 1.807) is 13.2 Å². The van der Waals surface area contributed by atoms with Crippen LogP contribution in [0.25, 0.3) is 6.08 Å². The molecule has 1 amide bonds. The van der Waals surface area contributed by atoms with E-state index >= 15 is 0 Å². The second-order valence-electron chi connectivity index (χ2n) is 6.42. The zero-order valence-corrected chi connectivity index (χ0v) is 18.2. The number of halogens is 1. The van der Waals surface area contributed by atoms with Crippen molar-refractivity contribution in [3.05, 3.63) is 52.0 Å². The predicted molar refractivity (Wildman–Crippen MR) is 115 cm³/mol. The fourth-order valence-electron chi connectivity index (χ4n) is 2.99. The van der Waals surface area contributed by atoms with Gasteiger partial charge in [-0.1, -0.05) is 22.0 Å². The Morgan fingerprint density at radius 2 is 1.93 bits per heavy atom. The molecule has 1 N–H and O–H groups in total. The fourth-order valence-corrected chi connectivity index (χ4v) is 3.65. The van der Waals surface area contributed by atoms with Gasteiger partial charge in [-0.2, -0.15) is 0 Å². The summed E-state index contributed by atoms with van der Waals surface area (Å²) in [6.45, 7) is 5.41. The van der Waals surface area contributed by atoms with Gasteiger partial charge in [0, 0.05) is 10.5 Å². The zero-order chi connectivity index (χ0) is 20.8. The highest BCUT2D eigenvalue weighted by atomic mass is 79.9. The Hall–Kier alpha value is -2.67. The van der Waals surface area contributed by atoms with E-state index in [1.165, 1.54) is 6.08 Å². The SMILES string of the molecule is CCOc1cc(/C=C/C(=O)NC(C)c2cc3c(cc2Br)OCCO3)ccc1OC. The van der Waals surface area contributed by atoms with E-state index in [4.69, 9.17) is 18.9 Å². The fraction of sp³-hybridized carbons (Fsp3) is 0.318. The van der Waals surface area contributed by atoms with Gasteiger partial charge >= 0.3 is 0 Å². The van der Waals surface area contributed by atoms with Crippen LogP contribution in [0.5, 0.6) is 23.0 Å². The molecule has 0 radical (unpaired) electrons. The van der Waals surface area contributed by atoms with E-state index in [9.17, 15) is 4.79 Å². The molecule has 1 aliphatic heterocycles. The highest BCUT2D eigenvalue weighted by Crippen LogP contribution is 2.37. The lowest BCUT2D eigenvalue weighted by Gasteiger charge is -2.22. The van der Waals surface area contributed by atoms with Crippen LogP contribution in [-0.4, -0.2) is 32.8 Å². The Labute approximate surface area is 178 Å². The van der Waals surface area contributed by atoms with Crippen molar-refractivity contribution in [1.29, 1.82) is 0 Å². The van der Waals surface area contributed by atoms with Crippen molar-refractivity contribution >= 4 is 27.9 Å². The maximum Gasteiger partial charge on any atom is 0.244 e. The molecule has 2 aromatic rings. The van der Waals surface area contributed by atoms with Crippen molar-refractivity contribution in [3.63, 3.8) is 0 Å². The molecule has 1 atom stereocenters. The summed E-state index contributed by atoms with van der Waals surface area (Å²) in [5.74, 6) is 2.49. The molecule has 0 aliphatic carbocycles. The van der Waals surface area contributed by atoms with E-state index < -0.39 is 0 Å². The second-order valence-corrected chi connectivity index (χ2v) is 7.28. The number of hydrogen-bond acceptors (Lipinski definition) is 5. The van der Waals surface area contributed by atoms with Crippen LogP contribution in [0.1, 0.15) is 31.0 Å². The first-order valence-corrected chi connectivity index (χ1v) is 10.2. The molecule has 0 spiro atoms. The van der Waals surface area contributed by atoms with Crippen molar-refractivity contribution in [2.24, 2.45) is 0 Å². The van der Waals surface area contributed by atoms with Gasteiger partial charge in [0.1, 0.15) is 13.2 Å². The minimum atomic E-state index is -0.216. The first-order chi connectivity index (χ1) is 14.0. The number of carbonyl (C=O) groups is 1. The Balaban J connectivity index is 1.68. The summed E-state index contributed by atoms with van der Waals surface area (Å²) in [6, 6.07) is 9.07. The van der Waals surface area contributed by atoms with Crippen LogP contribution in [-0.2, 0) is 4.79 Å². The number of ether oxygens (including phenoxy) is 4. The second kappa shape index (κ2) is 9.69. The van der Waals surface area contributed by atoms with Gasteiger partial charge in [0.25, 0.3) is 0 Å². The average Bonchev–Trinajstić information content (AvgIpc) is 2.72. The summed E-state index contributed by atoms with van der Waals surface area (Å²) in [4.78, 5) is 12.4. The van der Waals surface area contributed by atoms with E-state index in [0.29, 0.717) is 42.8 Å². The third-order valence-electron chi connectivity index (χ3n) is 4.40. The molecule has 7 heteroatoms. The van der Waals surface area contributed by atoms with Crippen LogP contribution in [0.15, 0.2) is 40.9 Å². The van der Waals surface area contributed by atoms with Crippen LogP contribution < -0.4 is 24.3 Å². The molecule has 0 bridgehead atoms. The van der Waals surface area contributed by atoms with Gasteiger partial charge in [0.05, 0.1) is 19.8 Å². The largest absolute Gasteiger partial charge is 0.493 e. The van der Waals surface area contributed by atoms with Crippen molar-refractivity contribution in [2.45, 2.75) is 19.9 Å². The summed E-state index contributed by atoms with van der Waals surface area (Å²) in [6.07, 6.45) is 3.24.